The number of carbonyl (C=O) groups is 1. The van der Waals surface area contributed by atoms with Crippen LogP contribution in [0.4, 0.5) is 10.5 Å². The molecule has 0 atom stereocenters. The maximum atomic E-state index is 11.4. The van der Waals surface area contributed by atoms with E-state index >= 15 is 0 Å². The van der Waals surface area contributed by atoms with Crippen molar-refractivity contribution in [2.24, 2.45) is 0 Å². The van der Waals surface area contributed by atoms with Crippen LogP contribution in [0.1, 0.15) is 38.2 Å². The van der Waals surface area contributed by atoms with Crippen molar-refractivity contribution in [3.8, 4) is 0 Å². The van der Waals surface area contributed by atoms with Crippen molar-refractivity contribution in [2.75, 3.05) is 12.3 Å². The lowest BCUT2D eigenvalue weighted by Gasteiger charge is -2.07. The molecule has 1 aromatic rings. The molecule has 1 aromatic carbocycles. The number of nitrogen functional groups attached to an aromatic ring is 1. The first kappa shape index (κ1) is 14.4. The summed E-state index contributed by atoms with van der Waals surface area (Å²) >= 11 is 0. The highest BCUT2D eigenvalue weighted by Crippen LogP contribution is 2.05. The molecule has 0 saturated carbocycles. The topological polar surface area (TPSA) is 64.3 Å². The van der Waals surface area contributed by atoms with Gasteiger partial charge in [-0.05, 0) is 24.1 Å². The SMILES string of the molecule is CCCCCCOC(=O)NCc1ccc(N)cc1. The van der Waals surface area contributed by atoms with Crippen molar-refractivity contribution < 1.29 is 9.53 Å². The molecule has 0 bridgehead atoms. The number of anilines is 1. The summed E-state index contributed by atoms with van der Waals surface area (Å²) in [6.45, 7) is 3.11. The minimum Gasteiger partial charge on any atom is -0.450 e. The third kappa shape index (κ3) is 6.13. The van der Waals surface area contributed by atoms with E-state index in [2.05, 4.69) is 12.2 Å². The van der Waals surface area contributed by atoms with Crippen molar-refractivity contribution in [3.63, 3.8) is 0 Å². The van der Waals surface area contributed by atoms with Gasteiger partial charge in [0.25, 0.3) is 0 Å². The Kier molecular flexibility index (Phi) is 6.69. The van der Waals surface area contributed by atoms with E-state index in [-0.39, 0.29) is 6.09 Å². The highest BCUT2D eigenvalue weighted by molar-refractivity contribution is 5.67. The standard InChI is InChI=1S/C14H22N2O2/c1-2-3-4-5-10-18-14(17)16-11-12-6-8-13(15)9-7-12/h6-9H,2-5,10-11,15H2,1H3,(H,16,17). The second-order valence-corrected chi connectivity index (χ2v) is 4.29. The second kappa shape index (κ2) is 8.39. The summed E-state index contributed by atoms with van der Waals surface area (Å²) in [6.07, 6.45) is 4.06. The Hall–Kier alpha value is -1.71. The Morgan fingerprint density at radius 2 is 1.94 bits per heavy atom. The van der Waals surface area contributed by atoms with Gasteiger partial charge in [0.05, 0.1) is 6.61 Å². The van der Waals surface area contributed by atoms with E-state index in [0.29, 0.717) is 13.2 Å². The Balaban J connectivity index is 2.11. The fourth-order valence-electron chi connectivity index (χ4n) is 1.55. The number of nitrogens with one attached hydrogen (secondary N) is 1. The van der Waals surface area contributed by atoms with E-state index < -0.39 is 0 Å². The molecule has 0 radical (unpaired) electrons. The van der Waals surface area contributed by atoms with Crippen molar-refractivity contribution in [1.82, 2.24) is 5.32 Å². The highest BCUT2D eigenvalue weighted by Gasteiger charge is 2.01. The minimum absolute atomic E-state index is 0.358. The zero-order valence-corrected chi connectivity index (χ0v) is 10.9. The fraction of sp³-hybridized carbons (Fsp3) is 0.500. The van der Waals surface area contributed by atoms with E-state index in [1.165, 1.54) is 12.8 Å². The molecule has 0 fully saturated rings. The molecule has 1 rings (SSSR count). The molecule has 0 aliphatic carbocycles. The normalized spacial score (nSPS) is 10.1. The molecular weight excluding hydrogens is 228 g/mol. The zero-order chi connectivity index (χ0) is 13.2. The number of ether oxygens (including phenoxy) is 1. The van der Waals surface area contributed by atoms with E-state index in [1.54, 1.807) is 0 Å². The maximum absolute atomic E-state index is 11.4. The highest BCUT2D eigenvalue weighted by atomic mass is 16.5. The number of unbranched alkanes of at least 4 members (excludes halogenated alkanes) is 3. The lowest BCUT2D eigenvalue weighted by Crippen LogP contribution is -2.24. The lowest BCUT2D eigenvalue weighted by molar-refractivity contribution is 0.143. The van der Waals surface area contributed by atoms with Gasteiger partial charge in [0, 0.05) is 12.2 Å². The zero-order valence-electron chi connectivity index (χ0n) is 10.9. The Bertz CT molecular complexity index is 349. The number of nitrogens with two attached hydrogens (primary N) is 1. The van der Waals surface area contributed by atoms with Gasteiger partial charge in [0.1, 0.15) is 0 Å². The summed E-state index contributed by atoms with van der Waals surface area (Å²) in [5.74, 6) is 0. The van der Waals surface area contributed by atoms with Crippen LogP contribution in [0.15, 0.2) is 24.3 Å². The third-order valence-electron chi connectivity index (χ3n) is 2.65. The first-order chi connectivity index (χ1) is 8.72. The van der Waals surface area contributed by atoms with Gasteiger partial charge in [-0.2, -0.15) is 0 Å². The summed E-state index contributed by atoms with van der Waals surface area (Å²) in [5, 5.41) is 2.71. The number of amides is 1. The summed E-state index contributed by atoms with van der Waals surface area (Å²) in [4.78, 5) is 11.4. The Morgan fingerprint density at radius 3 is 2.61 bits per heavy atom. The average molecular weight is 250 g/mol. The van der Waals surface area contributed by atoms with Gasteiger partial charge < -0.3 is 15.8 Å². The van der Waals surface area contributed by atoms with Crippen molar-refractivity contribution >= 4 is 11.8 Å². The first-order valence-electron chi connectivity index (χ1n) is 6.47. The molecule has 18 heavy (non-hydrogen) atoms. The van der Waals surface area contributed by atoms with Gasteiger partial charge in [0.2, 0.25) is 0 Å². The second-order valence-electron chi connectivity index (χ2n) is 4.29. The molecular formula is C14H22N2O2. The van der Waals surface area contributed by atoms with Crippen molar-refractivity contribution in [3.05, 3.63) is 29.8 Å². The Morgan fingerprint density at radius 1 is 1.22 bits per heavy atom. The number of alkyl carbamates (subject to hydrolysis) is 1. The van der Waals surface area contributed by atoms with Crippen LogP contribution in [-0.4, -0.2) is 12.7 Å². The van der Waals surface area contributed by atoms with E-state index in [9.17, 15) is 4.79 Å². The van der Waals surface area contributed by atoms with Crippen LogP contribution in [0.25, 0.3) is 0 Å². The summed E-state index contributed by atoms with van der Waals surface area (Å²) < 4.78 is 5.06. The first-order valence-corrected chi connectivity index (χ1v) is 6.47. The van der Waals surface area contributed by atoms with Crippen LogP contribution in [0, 0.1) is 0 Å². The average Bonchev–Trinajstić information content (AvgIpc) is 2.38. The van der Waals surface area contributed by atoms with E-state index in [0.717, 1.165) is 24.1 Å². The number of carbonyl (C=O) groups excluding carboxylic acids is 1. The molecule has 0 aromatic heterocycles. The van der Waals surface area contributed by atoms with Crippen LogP contribution >= 0.6 is 0 Å². The molecule has 4 heteroatoms. The number of hydrogen-bond donors (Lipinski definition) is 2. The molecule has 0 saturated heterocycles. The summed E-state index contributed by atoms with van der Waals surface area (Å²) in [5.41, 5.74) is 7.30. The quantitative estimate of drug-likeness (QED) is 0.577. The summed E-state index contributed by atoms with van der Waals surface area (Å²) in [6, 6.07) is 7.40. The maximum Gasteiger partial charge on any atom is 0.407 e. The van der Waals surface area contributed by atoms with E-state index in [4.69, 9.17) is 10.5 Å². The monoisotopic (exact) mass is 250 g/mol. The van der Waals surface area contributed by atoms with Gasteiger partial charge in [-0.3, -0.25) is 0 Å². The van der Waals surface area contributed by atoms with E-state index in [1.807, 2.05) is 24.3 Å². The van der Waals surface area contributed by atoms with Crippen LogP contribution < -0.4 is 11.1 Å². The summed E-state index contributed by atoms with van der Waals surface area (Å²) in [7, 11) is 0. The predicted octanol–water partition coefficient (Wildman–Crippen LogP) is 3.08. The molecule has 0 spiro atoms. The molecule has 0 aliphatic rings. The number of benzene rings is 1. The smallest absolute Gasteiger partial charge is 0.407 e. The van der Waals surface area contributed by atoms with Gasteiger partial charge in [-0.15, -0.1) is 0 Å². The number of hydrogen-bond acceptors (Lipinski definition) is 3. The van der Waals surface area contributed by atoms with Crippen LogP contribution in [-0.2, 0) is 11.3 Å². The predicted molar refractivity (Wildman–Crippen MR) is 73.2 cm³/mol. The molecule has 0 aliphatic heterocycles. The van der Waals surface area contributed by atoms with Crippen molar-refractivity contribution in [2.45, 2.75) is 39.2 Å². The molecule has 0 heterocycles. The third-order valence-corrected chi connectivity index (χ3v) is 2.65. The molecule has 3 N–H and O–H groups in total. The molecule has 1 amide bonds. The fourth-order valence-corrected chi connectivity index (χ4v) is 1.55. The minimum atomic E-state index is -0.358. The number of rotatable bonds is 7. The van der Waals surface area contributed by atoms with Crippen LogP contribution in [0.2, 0.25) is 0 Å². The molecule has 100 valence electrons. The Labute approximate surface area is 109 Å². The van der Waals surface area contributed by atoms with Crippen molar-refractivity contribution in [1.29, 1.82) is 0 Å². The van der Waals surface area contributed by atoms with Crippen LogP contribution in [0.5, 0.6) is 0 Å². The largest absolute Gasteiger partial charge is 0.450 e. The van der Waals surface area contributed by atoms with Gasteiger partial charge >= 0.3 is 6.09 Å². The lowest BCUT2D eigenvalue weighted by atomic mass is 10.2. The van der Waals surface area contributed by atoms with Gasteiger partial charge in [0.15, 0.2) is 0 Å². The van der Waals surface area contributed by atoms with Gasteiger partial charge in [-0.1, -0.05) is 38.3 Å². The molecule has 0 unspecified atom stereocenters. The van der Waals surface area contributed by atoms with Gasteiger partial charge in [-0.25, -0.2) is 4.79 Å². The van der Waals surface area contributed by atoms with Crippen LogP contribution in [0.3, 0.4) is 0 Å². The molecule has 4 nitrogen and oxygen atoms in total.